The van der Waals surface area contributed by atoms with E-state index in [1.807, 2.05) is 13.1 Å². The number of hydrogen-bond donors (Lipinski definition) is 0. The summed E-state index contributed by atoms with van der Waals surface area (Å²) < 4.78 is 5.75. The molecule has 2 unspecified atom stereocenters. The smallest absolute Gasteiger partial charge is 0.411 e. The van der Waals surface area contributed by atoms with Gasteiger partial charge in [-0.25, -0.2) is 4.79 Å². The van der Waals surface area contributed by atoms with Gasteiger partial charge in [-0.3, -0.25) is 4.90 Å². The summed E-state index contributed by atoms with van der Waals surface area (Å²) in [7, 11) is 1.84. The van der Waals surface area contributed by atoms with Gasteiger partial charge in [0.2, 0.25) is 0 Å². The Kier molecular flexibility index (Phi) is 2.19. The molecule has 1 aliphatic heterocycles. The fourth-order valence-electron chi connectivity index (χ4n) is 4.01. The summed E-state index contributed by atoms with van der Waals surface area (Å²) in [5.74, 6) is 0. The molecule has 1 aromatic rings. The number of fused-ring (bicyclic) bond motifs is 3. The number of carbonyl (C=O) groups excluding carboxylic acids is 1. The maximum absolute atomic E-state index is 12.1. The van der Waals surface area contributed by atoms with E-state index in [0.29, 0.717) is 0 Å². The first kappa shape index (κ1) is 12.5. The fourth-order valence-corrected chi connectivity index (χ4v) is 4.01. The average Bonchev–Trinajstić information content (AvgIpc) is 2.50. The molecule has 102 valence electrons. The molecular weight excluding hydrogens is 238 g/mol. The van der Waals surface area contributed by atoms with Gasteiger partial charge in [-0.05, 0) is 36.8 Å². The van der Waals surface area contributed by atoms with Crippen LogP contribution in [-0.2, 0) is 15.7 Å². The summed E-state index contributed by atoms with van der Waals surface area (Å²) in [5, 5.41) is 0. The first-order valence-electron chi connectivity index (χ1n) is 6.79. The highest BCUT2D eigenvalue weighted by molar-refractivity contribution is 5.74. The highest BCUT2D eigenvalue weighted by atomic mass is 16.6. The van der Waals surface area contributed by atoms with E-state index in [0.717, 1.165) is 6.42 Å². The first-order valence-corrected chi connectivity index (χ1v) is 6.79. The van der Waals surface area contributed by atoms with Gasteiger partial charge < -0.3 is 4.74 Å². The largest absolute Gasteiger partial charge is 0.440 e. The van der Waals surface area contributed by atoms with Crippen LogP contribution in [0.4, 0.5) is 4.79 Å². The van der Waals surface area contributed by atoms with Crippen molar-refractivity contribution in [3.8, 4) is 0 Å². The molecule has 0 bridgehead atoms. The predicted molar refractivity (Wildman–Crippen MR) is 74.1 cm³/mol. The summed E-state index contributed by atoms with van der Waals surface area (Å²) in [5.41, 5.74) is 1.67. The second-order valence-electron chi connectivity index (χ2n) is 6.84. The van der Waals surface area contributed by atoms with Crippen molar-refractivity contribution in [3.63, 3.8) is 0 Å². The third kappa shape index (κ3) is 1.31. The van der Waals surface area contributed by atoms with Crippen LogP contribution in [-0.4, -0.2) is 23.6 Å². The Bertz CT molecular complexity index is 566. The number of rotatable bonds is 0. The van der Waals surface area contributed by atoms with Crippen LogP contribution < -0.4 is 0 Å². The van der Waals surface area contributed by atoms with E-state index in [2.05, 4.69) is 45.9 Å². The number of nitrogens with zero attached hydrogens (tertiary/aromatic N) is 1. The lowest BCUT2D eigenvalue weighted by molar-refractivity contribution is -0.0262. The molecule has 1 aromatic carbocycles. The molecule has 0 radical (unpaired) electrons. The zero-order valence-electron chi connectivity index (χ0n) is 12.3. The lowest BCUT2D eigenvalue weighted by atomic mass is 9.59. The molecule has 0 spiro atoms. The van der Waals surface area contributed by atoms with Crippen molar-refractivity contribution in [1.82, 2.24) is 4.90 Å². The number of benzene rings is 1. The minimum absolute atomic E-state index is 0.0102. The van der Waals surface area contributed by atoms with Crippen molar-refractivity contribution in [2.24, 2.45) is 0 Å². The molecule has 1 heterocycles. The second kappa shape index (κ2) is 3.33. The van der Waals surface area contributed by atoms with Crippen LogP contribution in [0.15, 0.2) is 24.3 Å². The van der Waals surface area contributed by atoms with E-state index in [1.165, 1.54) is 11.1 Å². The predicted octanol–water partition coefficient (Wildman–Crippen LogP) is 3.42. The highest BCUT2D eigenvalue weighted by Gasteiger charge is 2.64. The maximum Gasteiger partial charge on any atom is 0.411 e. The molecule has 3 heteroatoms. The normalized spacial score (nSPS) is 35.6. The van der Waals surface area contributed by atoms with Crippen LogP contribution in [0.25, 0.3) is 0 Å². The zero-order chi connectivity index (χ0) is 14.1. The first-order chi connectivity index (χ1) is 8.72. The molecule has 2 atom stereocenters. The Morgan fingerprint density at radius 1 is 1.11 bits per heavy atom. The molecule has 3 nitrogen and oxygen atoms in total. The Hall–Kier alpha value is -1.51. The summed E-state index contributed by atoms with van der Waals surface area (Å²) >= 11 is 0. The number of carbonyl (C=O) groups is 1. The lowest BCUT2D eigenvalue weighted by Gasteiger charge is -2.51. The minimum Gasteiger partial charge on any atom is -0.440 e. The lowest BCUT2D eigenvalue weighted by Crippen LogP contribution is -2.57. The van der Waals surface area contributed by atoms with Gasteiger partial charge in [0.1, 0.15) is 11.1 Å². The molecule has 2 aliphatic rings. The fraction of sp³-hybridized carbons (Fsp3) is 0.562. The molecule has 19 heavy (non-hydrogen) atoms. The number of hydrogen-bond acceptors (Lipinski definition) is 2. The summed E-state index contributed by atoms with van der Waals surface area (Å²) in [6.45, 7) is 8.63. The Morgan fingerprint density at radius 3 is 2.32 bits per heavy atom. The van der Waals surface area contributed by atoms with Crippen LogP contribution in [0.2, 0.25) is 0 Å². The molecule has 1 aliphatic carbocycles. The molecule has 3 rings (SSSR count). The molecule has 1 fully saturated rings. The summed E-state index contributed by atoms with van der Waals surface area (Å²) in [6.07, 6.45) is 0.612. The van der Waals surface area contributed by atoms with Gasteiger partial charge in [-0.2, -0.15) is 0 Å². The van der Waals surface area contributed by atoms with E-state index in [4.69, 9.17) is 4.74 Å². The monoisotopic (exact) mass is 259 g/mol. The van der Waals surface area contributed by atoms with Gasteiger partial charge in [-0.1, -0.05) is 38.1 Å². The van der Waals surface area contributed by atoms with Gasteiger partial charge in [0.05, 0.1) is 0 Å². The van der Waals surface area contributed by atoms with Crippen molar-refractivity contribution in [3.05, 3.63) is 35.4 Å². The van der Waals surface area contributed by atoms with Gasteiger partial charge in [-0.15, -0.1) is 0 Å². The van der Waals surface area contributed by atoms with Crippen LogP contribution >= 0.6 is 0 Å². The van der Waals surface area contributed by atoms with Crippen LogP contribution in [0, 0.1) is 0 Å². The Labute approximate surface area is 114 Å². The topological polar surface area (TPSA) is 29.5 Å². The molecule has 1 saturated heterocycles. The van der Waals surface area contributed by atoms with Crippen molar-refractivity contribution < 1.29 is 9.53 Å². The summed E-state index contributed by atoms with van der Waals surface area (Å²) in [4.78, 5) is 13.8. The second-order valence-corrected chi connectivity index (χ2v) is 6.84. The number of likely N-dealkylation sites (N-methyl/N-ethyl adjacent to an activating group) is 1. The Balaban J connectivity index is 2.32. The quantitative estimate of drug-likeness (QED) is 0.714. The standard InChI is InChI=1S/C16H21NO2/c1-14(2)10-15(3)16(4,17(5)13(18)19-15)12-9-7-6-8-11(12)14/h6-9H,10H2,1-5H3. The van der Waals surface area contributed by atoms with E-state index >= 15 is 0 Å². The molecular formula is C16H21NO2. The Morgan fingerprint density at radius 2 is 1.68 bits per heavy atom. The van der Waals surface area contributed by atoms with Crippen LogP contribution in [0.3, 0.4) is 0 Å². The van der Waals surface area contributed by atoms with Gasteiger partial charge >= 0.3 is 6.09 Å². The zero-order valence-corrected chi connectivity index (χ0v) is 12.3. The third-order valence-corrected chi connectivity index (χ3v) is 5.25. The maximum atomic E-state index is 12.1. The SMILES string of the molecule is CN1C(=O)OC2(C)CC(C)(C)c3ccccc3C12C. The average molecular weight is 259 g/mol. The van der Waals surface area contributed by atoms with E-state index in [-0.39, 0.29) is 11.5 Å². The van der Waals surface area contributed by atoms with Crippen LogP contribution in [0.5, 0.6) is 0 Å². The van der Waals surface area contributed by atoms with Crippen molar-refractivity contribution in [1.29, 1.82) is 0 Å². The third-order valence-electron chi connectivity index (χ3n) is 5.25. The van der Waals surface area contributed by atoms with Gasteiger partial charge in [0, 0.05) is 7.05 Å². The highest BCUT2D eigenvalue weighted by Crippen LogP contribution is 2.57. The van der Waals surface area contributed by atoms with E-state index in [1.54, 1.807) is 4.90 Å². The molecule has 1 amide bonds. The number of amides is 1. The molecule has 0 aromatic heterocycles. The molecule has 0 N–H and O–H groups in total. The summed E-state index contributed by atoms with van der Waals surface area (Å²) in [6, 6.07) is 8.43. The van der Waals surface area contributed by atoms with Crippen molar-refractivity contribution in [2.75, 3.05) is 7.05 Å². The van der Waals surface area contributed by atoms with Gasteiger partial charge in [0.25, 0.3) is 0 Å². The van der Waals surface area contributed by atoms with E-state index < -0.39 is 11.1 Å². The van der Waals surface area contributed by atoms with Crippen molar-refractivity contribution in [2.45, 2.75) is 50.7 Å². The number of ether oxygens (including phenoxy) is 1. The van der Waals surface area contributed by atoms with Crippen LogP contribution in [0.1, 0.15) is 45.2 Å². The molecule has 0 saturated carbocycles. The van der Waals surface area contributed by atoms with E-state index in [9.17, 15) is 4.79 Å². The minimum atomic E-state index is -0.476. The van der Waals surface area contributed by atoms with Crippen molar-refractivity contribution >= 4 is 6.09 Å². The van der Waals surface area contributed by atoms with Gasteiger partial charge in [0.15, 0.2) is 0 Å².